The maximum atomic E-state index is 8.19. The molecule has 0 aromatic rings. The fourth-order valence-electron chi connectivity index (χ4n) is 1.42. The fourth-order valence-corrected chi connectivity index (χ4v) is 1.42. The van der Waals surface area contributed by atoms with E-state index < -0.39 is 0 Å². The van der Waals surface area contributed by atoms with Crippen molar-refractivity contribution in [2.75, 3.05) is 13.7 Å². The van der Waals surface area contributed by atoms with Gasteiger partial charge in [0, 0.05) is 12.0 Å². The topological polar surface area (TPSA) is 79.8 Å². The third-order valence-electron chi connectivity index (χ3n) is 2.07. The molecular formula is C6H9N3O3. The van der Waals surface area contributed by atoms with Crippen molar-refractivity contribution in [3.63, 3.8) is 0 Å². The Morgan fingerprint density at radius 2 is 2.42 bits per heavy atom. The summed E-state index contributed by atoms with van der Waals surface area (Å²) >= 11 is 0. The first kappa shape index (κ1) is 7.82. The molecule has 0 bridgehead atoms. The van der Waals surface area contributed by atoms with Gasteiger partial charge in [0.1, 0.15) is 12.2 Å². The van der Waals surface area contributed by atoms with Crippen molar-refractivity contribution < 1.29 is 14.2 Å². The number of hydrogen-bond acceptors (Lipinski definition) is 4. The van der Waals surface area contributed by atoms with Crippen LogP contribution in [0.25, 0.3) is 10.4 Å². The van der Waals surface area contributed by atoms with Crippen LogP contribution in [-0.4, -0.2) is 38.3 Å². The number of ether oxygens (including phenoxy) is 3. The van der Waals surface area contributed by atoms with Crippen molar-refractivity contribution in [2.24, 2.45) is 5.11 Å². The molecule has 0 unspecified atom stereocenters. The number of rotatable bonds is 2. The van der Waals surface area contributed by atoms with Gasteiger partial charge in [-0.05, 0) is 5.53 Å². The summed E-state index contributed by atoms with van der Waals surface area (Å²) in [5.74, 6) is 0. The lowest BCUT2D eigenvalue weighted by molar-refractivity contribution is -0.144. The highest BCUT2D eigenvalue weighted by atomic mass is 16.7. The van der Waals surface area contributed by atoms with E-state index in [-0.39, 0.29) is 24.5 Å². The third-order valence-corrected chi connectivity index (χ3v) is 2.07. The number of methoxy groups -OCH3 is 1. The summed E-state index contributed by atoms with van der Waals surface area (Å²) in [4.78, 5) is 2.71. The molecule has 2 fully saturated rings. The van der Waals surface area contributed by atoms with Gasteiger partial charge in [0.05, 0.1) is 12.6 Å². The maximum Gasteiger partial charge on any atom is 0.185 e. The van der Waals surface area contributed by atoms with Gasteiger partial charge in [-0.15, -0.1) is 0 Å². The Balaban J connectivity index is 1.98. The van der Waals surface area contributed by atoms with Gasteiger partial charge in [-0.3, -0.25) is 0 Å². The Morgan fingerprint density at radius 3 is 3.08 bits per heavy atom. The van der Waals surface area contributed by atoms with E-state index in [4.69, 9.17) is 19.7 Å². The SMILES string of the molecule is CO[C@@H]1OC[C@@H](N=[N+]=[N-])[C@H]2O[C@@H]12. The lowest BCUT2D eigenvalue weighted by Crippen LogP contribution is -2.37. The monoisotopic (exact) mass is 171 g/mol. The number of nitrogens with zero attached hydrogens (tertiary/aromatic N) is 3. The predicted octanol–water partition coefficient (Wildman–Crippen LogP) is 0.435. The lowest BCUT2D eigenvalue weighted by atomic mass is 10.1. The van der Waals surface area contributed by atoms with E-state index in [9.17, 15) is 0 Å². The van der Waals surface area contributed by atoms with Crippen LogP contribution in [0.5, 0.6) is 0 Å². The van der Waals surface area contributed by atoms with Gasteiger partial charge in [0.2, 0.25) is 0 Å². The summed E-state index contributed by atoms with van der Waals surface area (Å²) in [5, 5.41) is 3.55. The summed E-state index contributed by atoms with van der Waals surface area (Å²) in [5.41, 5.74) is 8.19. The second kappa shape index (κ2) is 2.91. The molecule has 2 aliphatic rings. The fraction of sp³-hybridized carbons (Fsp3) is 1.00. The van der Waals surface area contributed by atoms with Crippen molar-refractivity contribution in [1.29, 1.82) is 0 Å². The molecule has 0 aliphatic carbocycles. The van der Waals surface area contributed by atoms with Gasteiger partial charge in [0.15, 0.2) is 6.29 Å². The molecule has 66 valence electrons. The van der Waals surface area contributed by atoms with E-state index in [1.807, 2.05) is 0 Å². The highest BCUT2D eigenvalue weighted by molar-refractivity contribution is 5.00. The van der Waals surface area contributed by atoms with E-state index in [0.29, 0.717) is 6.61 Å². The molecule has 0 aromatic carbocycles. The number of epoxide rings is 1. The number of hydrogen-bond donors (Lipinski definition) is 0. The van der Waals surface area contributed by atoms with E-state index in [2.05, 4.69) is 10.0 Å². The molecule has 0 radical (unpaired) electrons. The third kappa shape index (κ3) is 1.15. The van der Waals surface area contributed by atoms with Crippen molar-refractivity contribution in [3.05, 3.63) is 10.4 Å². The molecule has 6 nitrogen and oxygen atoms in total. The largest absolute Gasteiger partial charge is 0.364 e. The summed E-state index contributed by atoms with van der Waals surface area (Å²) < 4.78 is 15.5. The van der Waals surface area contributed by atoms with Crippen LogP contribution in [0.1, 0.15) is 0 Å². The van der Waals surface area contributed by atoms with Gasteiger partial charge >= 0.3 is 0 Å². The molecule has 2 heterocycles. The minimum Gasteiger partial charge on any atom is -0.364 e. The normalized spacial score (nSPS) is 44.4. The van der Waals surface area contributed by atoms with Gasteiger partial charge in [-0.1, -0.05) is 5.11 Å². The van der Waals surface area contributed by atoms with Crippen molar-refractivity contribution in [2.45, 2.75) is 24.5 Å². The molecule has 2 rings (SSSR count). The van der Waals surface area contributed by atoms with Crippen LogP contribution in [0.4, 0.5) is 0 Å². The van der Waals surface area contributed by atoms with Gasteiger partial charge < -0.3 is 14.2 Å². The minimum absolute atomic E-state index is 0.000370. The van der Waals surface area contributed by atoms with Crippen LogP contribution in [0.3, 0.4) is 0 Å². The van der Waals surface area contributed by atoms with Crippen LogP contribution >= 0.6 is 0 Å². The summed E-state index contributed by atoms with van der Waals surface area (Å²) in [6.45, 7) is 0.379. The van der Waals surface area contributed by atoms with Gasteiger partial charge in [-0.2, -0.15) is 0 Å². The Kier molecular flexibility index (Phi) is 1.90. The summed E-state index contributed by atoms with van der Waals surface area (Å²) in [6.07, 6.45) is -0.334. The summed E-state index contributed by atoms with van der Waals surface area (Å²) in [6, 6.07) is -0.189. The molecule has 0 amide bonds. The quantitative estimate of drug-likeness (QED) is 0.261. The van der Waals surface area contributed by atoms with Gasteiger partial charge in [0.25, 0.3) is 0 Å². The van der Waals surface area contributed by atoms with E-state index in [1.165, 1.54) is 0 Å². The van der Waals surface area contributed by atoms with E-state index in [1.54, 1.807) is 7.11 Å². The average molecular weight is 171 g/mol. The molecule has 6 heteroatoms. The number of fused-ring (bicyclic) bond motifs is 1. The van der Waals surface area contributed by atoms with E-state index in [0.717, 1.165) is 0 Å². The van der Waals surface area contributed by atoms with Crippen LogP contribution in [0.2, 0.25) is 0 Å². The molecule has 0 spiro atoms. The predicted molar refractivity (Wildman–Crippen MR) is 38.3 cm³/mol. The lowest BCUT2D eigenvalue weighted by Gasteiger charge is -2.20. The Morgan fingerprint density at radius 1 is 1.58 bits per heavy atom. The van der Waals surface area contributed by atoms with E-state index >= 15 is 0 Å². The van der Waals surface area contributed by atoms with Crippen molar-refractivity contribution in [1.82, 2.24) is 0 Å². The molecule has 0 N–H and O–H groups in total. The average Bonchev–Trinajstić information content (AvgIpc) is 2.85. The first-order chi connectivity index (χ1) is 5.86. The Hall–Kier alpha value is -0.810. The zero-order chi connectivity index (χ0) is 8.55. The first-order valence-electron chi connectivity index (χ1n) is 3.71. The highest BCUT2D eigenvalue weighted by Crippen LogP contribution is 2.36. The molecule has 4 atom stereocenters. The zero-order valence-electron chi connectivity index (χ0n) is 6.58. The zero-order valence-corrected chi connectivity index (χ0v) is 6.58. The minimum atomic E-state index is -0.292. The molecule has 12 heavy (non-hydrogen) atoms. The second-order valence-corrected chi connectivity index (χ2v) is 2.78. The van der Waals surface area contributed by atoms with Crippen LogP contribution < -0.4 is 0 Å². The van der Waals surface area contributed by atoms with Gasteiger partial charge in [-0.25, -0.2) is 0 Å². The second-order valence-electron chi connectivity index (χ2n) is 2.78. The Labute approximate surface area is 69.0 Å². The van der Waals surface area contributed by atoms with Crippen LogP contribution in [0, 0.1) is 0 Å². The van der Waals surface area contributed by atoms with Crippen LogP contribution in [0.15, 0.2) is 5.11 Å². The maximum absolute atomic E-state index is 8.19. The standard InChI is InChI=1S/C6H9N3O3/c1-10-6-5-4(12-5)3(2-11-6)8-9-7/h3-6H,2H2,1H3/t3-,4-,5-,6-/m1/s1. The summed E-state index contributed by atoms with van der Waals surface area (Å²) in [7, 11) is 1.57. The number of azide groups is 1. The molecule has 0 aromatic heterocycles. The molecule has 2 aliphatic heterocycles. The Bertz CT molecular complexity index is 228. The first-order valence-corrected chi connectivity index (χ1v) is 3.71. The smallest absolute Gasteiger partial charge is 0.185 e. The van der Waals surface area contributed by atoms with Crippen molar-refractivity contribution in [3.8, 4) is 0 Å². The van der Waals surface area contributed by atoms with Crippen molar-refractivity contribution >= 4 is 0 Å². The molecule has 2 saturated heterocycles. The molecule has 0 saturated carbocycles. The molecular weight excluding hydrogens is 162 g/mol. The highest BCUT2D eigenvalue weighted by Gasteiger charge is 2.54. The van der Waals surface area contributed by atoms with Crippen LogP contribution in [-0.2, 0) is 14.2 Å².